The summed E-state index contributed by atoms with van der Waals surface area (Å²) in [6.45, 7) is 1.08. The van der Waals surface area contributed by atoms with Crippen LogP contribution in [0.2, 0.25) is 10.0 Å². The maximum Gasteiger partial charge on any atom is 0.262 e. The summed E-state index contributed by atoms with van der Waals surface area (Å²) in [5.74, 6) is -0.00161. The standard InChI is InChI=1S/C19H19Cl2N7O2/c20-14-2-1-3-15(21)16(14)26-17(29)13-9-23-19(27-18(13)30-12-4-5-12)25-11-8-24-28(10-11)7-6-22/h1-3,8-10,12H,4-7,22H2,(H,26,29)(H,23,25,27). The molecule has 1 amide bonds. The summed E-state index contributed by atoms with van der Waals surface area (Å²) < 4.78 is 7.55. The third kappa shape index (κ3) is 4.81. The number of nitrogens with zero attached hydrogens (tertiary/aromatic N) is 4. The molecular formula is C19H19Cl2N7O2. The topological polar surface area (TPSA) is 120 Å². The van der Waals surface area contributed by atoms with Gasteiger partial charge in [-0.2, -0.15) is 10.1 Å². The molecule has 0 radical (unpaired) electrons. The lowest BCUT2D eigenvalue weighted by Gasteiger charge is -2.13. The van der Waals surface area contributed by atoms with Crippen molar-refractivity contribution in [2.75, 3.05) is 17.2 Å². The predicted molar refractivity (Wildman–Crippen MR) is 115 cm³/mol. The fourth-order valence-electron chi connectivity index (χ4n) is 2.63. The average Bonchev–Trinajstić information content (AvgIpc) is 3.43. The minimum atomic E-state index is -0.469. The van der Waals surface area contributed by atoms with E-state index in [0.29, 0.717) is 34.5 Å². The maximum atomic E-state index is 12.9. The summed E-state index contributed by atoms with van der Waals surface area (Å²) in [7, 11) is 0. The van der Waals surface area contributed by atoms with Gasteiger partial charge in [0.15, 0.2) is 0 Å². The number of rotatable bonds is 8. The van der Waals surface area contributed by atoms with E-state index in [4.69, 9.17) is 33.7 Å². The molecule has 3 aromatic rings. The second-order valence-electron chi connectivity index (χ2n) is 6.69. The molecule has 1 fully saturated rings. The third-order valence-corrected chi connectivity index (χ3v) is 4.88. The largest absolute Gasteiger partial charge is 0.474 e. The monoisotopic (exact) mass is 447 g/mol. The quantitative estimate of drug-likeness (QED) is 0.483. The van der Waals surface area contributed by atoms with Crippen LogP contribution >= 0.6 is 23.2 Å². The summed E-state index contributed by atoms with van der Waals surface area (Å²) in [4.78, 5) is 21.5. The first-order valence-corrected chi connectivity index (χ1v) is 10.1. The Balaban J connectivity index is 1.57. The van der Waals surface area contributed by atoms with E-state index in [-0.39, 0.29) is 23.5 Å². The normalized spacial score (nSPS) is 13.2. The summed E-state index contributed by atoms with van der Waals surface area (Å²) in [5.41, 5.74) is 6.73. The summed E-state index contributed by atoms with van der Waals surface area (Å²) in [6.07, 6.45) is 6.69. The number of nitrogens with two attached hydrogens (primary N) is 1. The molecule has 2 heterocycles. The minimum absolute atomic E-state index is 0.0375. The van der Waals surface area contributed by atoms with Gasteiger partial charge in [0.1, 0.15) is 11.7 Å². The zero-order valence-electron chi connectivity index (χ0n) is 15.8. The molecule has 156 valence electrons. The second kappa shape index (κ2) is 8.86. The number of hydrogen-bond donors (Lipinski definition) is 3. The number of aromatic nitrogens is 4. The van der Waals surface area contributed by atoms with Crippen LogP contribution in [0, 0.1) is 0 Å². The van der Waals surface area contributed by atoms with Crippen LogP contribution in [0.3, 0.4) is 0 Å². The first-order chi connectivity index (χ1) is 14.5. The van der Waals surface area contributed by atoms with Gasteiger partial charge in [-0.3, -0.25) is 9.48 Å². The Kier molecular flexibility index (Phi) is 6.03. The predicted octanol–water partition coefficient (Wildman–Crippen LogP) is 3.48. The molecule has 1 saturated carbocycles. The van der Waals surface area contributed by atoms with Crippen molar-refractivity contribution in [3.63, 3.8) is 0 Å². The van der Waals surface area contributed by atoms with Crippen molar-refractivity contribution in [3.05, 3.63) is 52.4 Å². The van der Waals surface area contributed by atoms with E-state index in [0.717, 1.165) is 12.8 Å². The van der Waals surface area contributed by atoms with Gasteiger partial charge < -0.3 is 21.1 Å². The Hall–Kier alpha value is -2.88. The Morgan fingerprint density at radius 3 is 2.73 bits per heavy atom. The van der Waals surface area contributed by atoms with Gasteiger partial charge in [0, 0.05) is 18.9 Å². The van der Waals surface area contributed by atoms with E-state index < -0.39 is 5.91 Å². The van der Waals surface area contributed by atoms with Crippen molar-refractivity contribution in [2.45, 2.75) is 25.5 Å². The Bertz CT molecular complexity index is 1050. The molecule has 1 aromatic carbocycles. The van der Waals surface area contributed by atoms with Crippen molar-refractivity contribution in [1.82, 2.24) is 19.7 Å². The molecule has 1 aliphatic rings. The zero-order valence-corrected chi connectivity index (χ0v) is 17.3. The Morgan fingerprint density at radius 2 is 2.03 bits per heavy atom. The van der Waals surface area contributed by atoms with Crippen molar-refractivity contribution in [1.29, 1.82) is 0 Å². The summed E-state index contributed by atoms with van der Waals surface area (Å²) in [6, 6.07) is 4.97. The highest BCUT2D eigenvalue weighted by atomic mass is 35.5. The summed E-state index contributed by atoms with van der Waals surface area (Å²) >= 11 is 12.3. The van der Waals surface area contributed by atoms with E-state index in [9.17, 15) is 4.79 Å². The van der Waals surface area contributed by atoms with Gasteiger partial charge >= 0.3 is 0 Å². The number of carbonyl (C=O) groups excluding carboxylic acids is 1. The molecule has 9 nitrogen and oxygen atoms in total. The molecule has 0 unspecified atom stereocenters. The van der Waals surface area contributed by atoms with Crippen LogP contribution in [0.4, 0.5) is 17.3 Å². The molecule has 2 aromatic heterocycles. The number of amides is 1. The molecule has 0 spiro atoms. The highest BCUT2D eigenvalue weighted by Crippen LogP contribution is 2.32. The van der Waals surface area contributed by atoms with Crippen LogP contribution in [0.5, 0.6) is 5.88 Å². The van der Waals surface area contributed by atoms with E-state index in [1.54, 1.807) is 35.3 Å². The Morgan fingerprint density at radius 1 is 1.27 bits per heavy atom. The smallest absolute Gasteiger partial charge is 0.262 e. The fourth-order valence-corrected chi connectivity index (χ4v) is 3.12. The number of carbonyl (C=O) groups is 1. The number of hydrogen-bond acceptors (Lipinski definition) is 7. The number of anilines is 3. The SMILES string of the molecule is NCCn1cc(Nc2ncc(C(=O)Nc3c(Cl)cccc3Cl)c(OC3CC3)n2)cn1. The molecule has 1 aliphatic carbocycles. The van der Waals surface area contributed by atoms with Gasteiger partial charge in [-0.1, -0.05) is 29.3 Å². The van der Waals surface area contributed by atoms with Crippen LogP contribution in [-0.2, 0) is 6.54 Å². The third-order valence-electron chi connectivity index (χ3n) is 4.25. The maximum absolute atomic E-state index is 12.9. The molecule has 0 saturated heterocycles. The molecular weight excluding hydrogens is 429 g/mol. The van der Waals surface area contributed by atoms with Crippen molar-refractivity contribution >= 4 is 46.4 Å². The van der Waals surface area contributed by atoms with Crippen LogP contribution in [0.1, 0.15) is 23.2 Å². The van der Waals surface area contributed by atoms with Crippen molar-refractivity contribution < 1.29 is 9.53 Å². The number of halogens is 2. The molecule has 4 N–H and O–H groups in total. The first kappa shape index (κ1) is 20.4. The first-order valence-electron chi connectivity index (χ1n) is 9.32. The van der Waals surface area contributed by atoms with Crippen molar-refractivity contribution in [3.8, 4) is 5.88 Å². The molecule has 30 heavy (non-hydrogen) atoms. The molecule has 0 atom stereocenters. The van der Waals surface area contributed by atoms with Crippen molar-refractivity contribution in [2.24, 2.45) is 5.73 Å². The molecule has 0 bridgehead atoms. The lowest BCUT2D eigenvalue weighted by molar-refractivity contribution is 0.102. The van der Waals surface area contributed by atoms with E-state index in [1.165, 1.54) is 6.20 Å². The number of benzene rings is 1. The minimum Gasteiger partial charge on any atom is -0.474 e. The highest BCUT2D eigenvalue weighted by Gasteiger charge is 2.28. The lowest BCUT2D eigenvalue weighted by Crippen LogP contribution is -2.16. The van der Waals surface area contributed by atoms with Gasteiger partial charge in [-0.05, 0) is 25.0 Å². The summed E-state index contributed by atoms with van der Waals surface area (Å²) in [5, 5.41) is 10.6. The number of para-hydroxylation sites is 1. The van der Waals surface area contributed by atoms with E-state index >= 15 is 0 Å². The van der Waals surface area contributed by atoms with Gasteiger partial charge in [-0.25, -0.2) is 4.98 Å². The lowest BCUT2D eigenvalue weighted by atomic mass is 10.2. The number of nitrogens with one attached hydrogen (secondary N) is 2. The van der Waals surface area contributed by atoms with Crippen LogP contribution in [0.25, 0.3) is 0 Å². The zero-order chi connectivity index (χ0) is 21.1. The Labute approximate surface area is 182 Å². The van der Waals surface area contributed by atoms with Gasteiger partial charge in [0.05, 0.1) is 34.2 Å². The highest BCUT2D eigenvalue weighted by molar-refractivity contribution is 6.40. The van der Waals surface area contributed by atoms with Crippen LogP contribution < -0.4 is 21.1 Å². The second-order valence-corrected chi connectivity index (χ2v) is 7.50. The van der Waals surface area contributed by atoms with E-state index in [1.807, 2.05) is 0 Å². The molecule has 4 rings (SSSR count). The molecule has 0 aliphatic heterocycles. The van der Waals surface area contributed by atoms with E-state index in [2.05, 4.69) is 25.7 Å². The van der Waals surface area contributed by atoms with Gasteiger partial charge in [0.2, 0.25) is 11.8 Å². The van der Waals surface area contributed by atoms with Gasteiger partial charge in [-0.15, -0.1) is 0 Å². The van der Waals surface area contributed by atoms with Gasteiger partial charge in [0.25, 0.3) is 5.91 Å². The average molecular weight is 448 g/mol. The number of ether oxygens (including phenoxy) is 1. The van der Waals surface area contributed by atoms with Crippen LogP contribution in [-0.4, -0.2) is 38.3 Å². The molecule has 11 heteroatoms. The van der Waals surface area contributed by atoms with Crippen LogP contribution in [0.15, 0.2) is 36.8 Å². The fraction of sp³-hybridized carbons (Fsp3) is 0.263.